The fourth-order valence-electron chi connectivity index (χ4n) is 3.26. The second kappa shape index (κ2) is 6.89. The van der Waals surface area contributed by atoms with Crippen LogP contribution in [0.2, 0.25) is 0 Å². The van der Waals surface area contributed by atoms with Gasteiger partial charge in [-0.15, -0.1) is 0 Å². The first kappa shape index (κ1) is 16.9. The van der Waals surface area contributed by atoms with Gasteiger partial charge in [-0.3, -0.25) is 14.4 Å². The SMILES string of the molecule is CC(=O)c1cccc(NC(=O)[C@H]2CC(=O)N(C)[C@@H]2c2ccccc2)c1. The highest BCUT2D eigenvalue weighted by atomic mass is 16.2. The van der Waals surface area contributed by atoms with E-state index < -0.39 is 5.92 Å². The Balaban J connectivity index is 1.84. The van der Waals surface area contributed by atoms with Crippen molar-refractivity contribution in [3.8, 4) is 0 Å². The smallest absolute Gasteiger partial charge is 0.230 e. The number of hydrogen-bond donors (Lipinski definition) is 1. The topological polar surface area (TPSA) is 66.5 Å². The third kappa shape index (κ3) is 3.45. The lowest BCUT2D eigenvalue weighted by Gasteiger charge is -2.25. The fourth-order valence-corrected chi connectivity index (χ4v) is 3.26. The minimum Gasteiger partial charge on any atom is -0.338 e. The Bertz CT molecular complexity index is 817. The Morgan fingerprint density at radius 3 is 2.48 bits per heavy atom. The zero-order valence-corrected chi connectivity index (χ0v) is 14.2. The minimum atomic E-state index is -0.471. The zero-order valence-electron chi connectivity index (χ0n) is 14.2. The molecular formula is C20H20N2O3. The van der Waals surface area contributed by atoms with Crippen LogP contribution in [0.1, 0.15) is 35.3 Å². The number of ketones is 1. The van der Waals surface area contributed by atoms with Crippen LogP contribution in [0, 0.1) is 5.92 Å². The number of Topliss-reactive ketones (excluding diaryl/α,β-unsaturated/α-hetero) is 1. The molecule has 1 aliphatic heterocycles. The molecule has 3 rings (SSSR count). The predicted molar refractivity (Wildman–Crippen MR) is 95.1 cm³/mol. The molecule has 2 aromatic rings. The van der Waals surface area contributed by atoms with Gasteiger partial charge < -0.3 is 10.2 Å². The van der Waals surface area contributed by atoms with Crippen molar-refractivity contribution in [3.05, 3.63) is 65.7 Å². The van der Waals surface area contributed by atoms with Crippen LogP contribution < -0.4 is 5.32 Å². The molecule has 0 radical (unpaired) electrons. The maximum Gasteiger partial charge on any atom is 0.230 e. The van der Waals surface area contributed by atoms with Gasteiger partial charge in [0.2, 0.25) is 11.8 Å². The summed E-state index contributed by atoms with van der Waals surface area (Å²) >= 11 is 0. The summed E-state index contributed by atoms with van der Waals surface area (Å²) in [6.45, 7) is 1.48. The average Bonchev–Trinajstić information content (AvgIpc) is 2.91. The van der Waals surface area contributed by atoms with Crippen LogP contribution in [0.5, 0.6) is 0 Å². The molecule has 5 nitrogen and oxygen atoms in total. The lowest BCUT2D eigenvalue weighted by Crippen LogP contribution is -2.30. The van der Waals surface area contributed by atoms with E-state index in [2.05, 4.69) is 5.32 Å². The maximum atomic E-state index is 12.8. The molecule has 0 unspecified atom stereocenters. The van der Waals surface area contributed by atoms with Gasteiger partial charge in [-0.05, 0) is 24.6 Å². The fraction of sp³-hybridized carbons (Fsp3) is 0.250. The number of amides is 2. The molecule has 25 heavy (non-hydrogen) atoms. The molecule has 2 aromatic carbocycles. The number of hydrogen-bond acceptors (Lipinski definition) is 3. The molecule has 1 saturated heterocycles. The number of nitrogens with one attached hydrogen (secondary N) is 1. The lowest BCUT2D eigenvalue weighted by atomic mass is 9.93. The summed E-state index contributed by atoms with van der Waals surface area (Å²) in [5, 5.41) is 2.85. The summed E-state index contributed by atoms with van der Waals surface area (Å²) in [6.07, 6.45) is 0.175. The summed E-state index contributed by atoms with van der Waals surface area (Å²) in [7, 11) is 1.73. The number of nitrogens with zero attached hydrogens (tertiary/aromatic N) is 1. The Hall–Kier alpha value is -2.95. The molecule has 1 N–H and O–H groups in total. The molecule has 5 heteroatoms. The third-order valence-corrected chi connectivity index (χ3v) is 4.60. The molecular weight excluding hydrogens is 316 g/mol. The van der Waals surface area contributed by atoms with E-state index in [0.717, 1.165) is 5.56 Å². The first-order valence-electron chi connectivity index (χ1n) is 8.20. The van der Waals surface area contributed by atoms with E-state index in [4.69, 9.17) is 0 Å². The Morgan fingerprint density at radius 2 is 1.80 bits per heavy atom. The van der Waals surface area contributed by atoms with Crippen LogP contribution >= 0.6 is 0 Å². The van der Waals surface area contributed by atoms with Crippen molar-refractivity contribution < 1.29 is 14.4 Å². The van der Waals surface area contributed by atoms with Gasteiger partial charge in [-0.25, -0.2) is 0 Å². The van der Waals surface area contributed by atoms with Crippen LogP contribution in [0.3, 0.4) is 0 Å². The Labute approximate surface area is 146 Å². The first-order valence-corrected chi connectivity index (χ1v) is 8.20. The maximum absolute atomic E-state index is 12.8. The van der Waals surface area contributed by atoms with E-state index in [-0.39, 0.29) is 30.1 Å². The molecule has 0 aromatic heterocycles. The molecule has 1 fully saturated rings. The Kier molecular flexibility index (Phi) is 4.65. The second-order valence-electron chi connectivity index (χ2n) is 6.30. The van der Waals surface area contributed by atoms with E-state index in [1.165, 1.54) is 6.92 Å². The van der Waals surface area contributed by atoms with Crippen molar-refractivity contribution in [2.24, 2.45) is 5.92 Å². The van der Waals surface area contributed by atoms with Crippen molar-refractivity contribution in [3.63, 3.8) is 0 Å². The molecule has 2 amide bonds. The van der Waals surface area contributed by atoms with Crippen LogP contribution in [-0.2, 0) is 9.59 Å². The number of rotatable bonds is 4. The standard InChI is InChI=1S/C20H20N2O3/c1-13(23)15-9-6-10-16(11-15)21-20(25)17-12-18(24)22(2)19(17)14-7-4-3-5-8-14/h3-11,17,19H,12H2,1-2H3,(H,21,25)/t17-,19+/m0/s1. The molecule has 0 bridgehead atoms. The van der Waals surface area contributed by atoms with Crippen LogP contribution in [0.25, 0.3) is 0 Å². The summed E-state index contributed by atoms with van der Waals surface area (Å²) < 4.78 is 0. The van der Waals surface area contributed by atoms with Gasteiger partial charge in [0.15, 0.2) is 5.78 Å². The van der Waals surface area contributed by atoms with Crippen molar-refractivity contribution >= 4 is 23.3 Å². The van der Waals surface area contributed by atoms with E-state index in [0.29, 0.717) is 11.3 Å². The number of benzene rings is 2. The molecule has 2 atom stereocenters. The largest absolute Gasteiger partial charge is 0.338 e. The number of likely N-dealkylation sites (tertiary alicyclic amines) is 1. The van der Waals surface area contributed by atoms with Crippen LogP contribution in [0.15, 0.2) is 54.6 Å². The van der Waals surface area contributed by atoms with Crippen molar-refractivity contribution in [1.82, 2.24) is 4.90 Å². The normalized spacial score (nSPS) is 19.8. The van der Waals surface area contributed by atoms with Crippen molar-refractivity contribution in [2.45, 2.75) is 19.4 Å². The Morgan fingerprint density at radius 1 is 1.08 bits per heavy atom. The summed E-state index contributed by atoms with van der Waals surface area (Å²) in [5.41, 5.74) is 2.04. The predicted octanol–water partition coefficient (Wildman–Crippen LogP) is 3.05. The summed E-state index contributed by atoms with van der Waals surface area (Å²) in [5.74, 6) is -0.798. The third-order valence-electron chi connectivity index (χ3n) is 4.60. The van der Waals surface area contributed by atoms with E-state index >= 15 is 0 Å². The van der Waals surface area contributed by atoms with Gasteiger partial charge in [0, 0.05) is 24.7 Å². The molecule has 0 aliphatic carbocycles. The lowest BCUT2D eigenvalue weighted by molar-refractivity contribution is -0.127. The van der Waals surface area contributed by atoms with E-state index in [1.54, 1.807) is 36.2 Å². The summed E-state index contributed by atoms with van der Waals surface area (Å²) in [6, 6.07) is 16.1. The first-order chi connectivity index (χ1) is 12.0. The minimum absolute atomic E-state index is 0.0495. The quantitative estimate of drug-likeness (QED) is 0.873. The molecule has 128 valence electrons. The number of anilines is 1. The van der Waals surface area contributed by atoms with Gasteiger partial charge in [-0.1, -0.05) is 42.5 Å². The summed E-state index contributed by atoms with van der Waals surface area (Å²) in [4.78, 5) is 38.1. The molecule has 0 spiro atoms. The van der Waals surface area contributed by atoms with Gasteiger partial charge >= 0.3 is 0 Å². The molecule has 1 heterocycles. The van der Waals surface area contributed by atoms with Gasteiger partial charge in [0.05, 0.1) is 12.0 Å². The van der Waals surface area contributed by atoms with Crippen LogP contribution in [-0.4, -0.2) is 29.5 Å². The number of carbonyl (C=O) groups is 3. The van der Waals surface area contributed by atoms with Crippen LogP contribution in [0.4, 0.5) is 5.69 Å². The average molecular weight is 336 g/mol. The van der Waals surface area contributed by atoms with Gasteiger partial charge in [0.1, 0.15) is 0 Å². The van der Waals surface area contributed by atoms with E-state index in [9.17, 15) is 14.4 Å². The van der Waals surface area contributed by atoms with E-state index in [1.807, 2.05) is 30.3 Å². The highest BCUT2D eigenvalue weighted by Crippen LogP contribution is 2.37. The monoisotopic (exact) mass is 336 g/mol. The highest BCUT2D eigenvalue weighted by molar-refractivity contribution is 6.00. The number of carbonyl (C=O) groups excluding carboxylic acids is 3. The highest BCUT2D eigenvalue weighted by Gasteiger charge is 2.42. The molecule has 0 saturated carbocycles. The van der Waals surface area contributed by atoms with Gasteiger partial charge in [0.25, 0.3) is 0 Å². The second-order valence-corrected chi connectivity index (χ2v) is 6.30. The van der Waals surface area contributed by atoms with Gasteiger partial charge in [-0.2, -0.15) is 0 Å². The molecule has 1 aliphatic rings. The van der Waals surface area contributed by atoms with Crippen molar-refractivity contribution in [2.75, 3.05) is 12.4 Å². The van der Waals surface area contributed by atoms with Crippen molar-refractivity contribution in [1.29, 1.82) is 0 Å². The zero-order chi connectivity index (χ0) is 18.0.